The van der Waals surface area contributed by atoms with Gasteiger partial charge in [-0.2, -0.15) is 21.6 Å². The van der Waals surface area contributed by atoms with E-state index in [1.807, 2.05) is 0 Å². The van der Waals surface area contributed by atoms with E-state index in [0.717, 1.165) is 19.2 Å². The average Bonchev–Trinajstić information content (AvgIpc) is 3.34. The number of rotatable bonds is 8. The summed E-state index contributed by atoms with van der Waals surface area (Å²) in [6.45, 7) is 1.16. The van der Waals surface area contributed by atoms with Crippen LogP contribution in [0, 0.1) is 0 Å². The Labute approximate surface area is 220 Å². The van der Waals surface area contributed by atoms with Gasteiger partial charge in [-0.25, -0.2) is 17.5 Å². The molecule has 0 bridgehead atoms. The van der Waals surface area contributed by atoms with Crippen LogP contribution in [-0.2, 0) is 40.3 Å². The van der Waals surface area contributed by atoms with E-state index in [2.05, 4.69) is 8.92 Å². The van der Waals surface area contributed by atoms with Crippen LogP contribution in [-0.4, -0.2) is 53.3 Å². The maximum atomic E-state index is 13.7. The SMILES string of the molecule is CCCOc1ccc2c(c1)C(OS(=O)(=O)C(F)(F)F)=C(OC(=O)OC)N(Cc1ccc3c(c1)OCO3)S2(=O)=O. The zero-order valence-corrected chi connectivity index (χ0v) is 21.8. The van der Waals surface area contributed by atoms with E-state index in [4.69, 9.17) is 18.9 Å². The molecule has 212 valence electrons. The number of alkyl halides is 3. The molecule has 0 saturated heterocycles. The fourth-order valence-corrected chi connectivity index (χ4v) is 5.53. The fourth-order valence-electron chi connectivity index (χ4n) is 3.49. The van der Waals surface area contributed by atoms with Crippen LogP contribution in [0.15, 0.2) is 47.2 Å². The maximum Gasteiger partial charge on any atom is 0.534 e. The van der Waals surface area contributed by atoms with E-state index in [1.165, 1.54) is 24.3 Å². The predicted octanol–water partition coefficient (Wildman–Crippen LogP) is 3.68. The third kappa shape index (κ3) is 5.49. The summed E-state index contributed by atoms with van der Waals surface area (Å²) < 4.78 is 121. The minimum absolute atomic E-state index is 0.0158. The quantitative estimate of drug-likeness (QED) is 0.250. The largest absolute Gasteiger partial charge is 0.534 e. The average molecular weight is 596 g/mol. The van der Waals surface area contributed by atoms with Crippen LogP contribution in [0.3, 0.4) is 0 Å². The highest BCUT2D eigenvalue weighted by molar-refractivity contribution is 7.89. The van der Waals surface area contributed by atoms with E-state index in [-0.39, 0.29) is 30.5 Å². The lowest BCUT2D eigenvalue weighted by Crippen LogP contribution is -2.38. The number of halogens is 3. The number of methoxy groups -OCH3 is 1. The standard InChI is InChI=1S/C22H20F3NO11S2/c1-3-8-33-14-5-7-18-15(10-14)19(37-39(30,31)22(23,24)25)20(36-21(27)32-2)26(38(18,28)29)11-13-4-6-16-17(9-13)35-12-34-16/h4-7,9-10H,3,8,11-12H2,1-2H3. The van der Waals surface area contributed by atoms with Crippen molar-refractivity contribution in [3.8, 4) is 17.2 Å². The molecule has 2 heterocycles. The minimum atomic E-state index is -6.38. The summed E-state index contributed by atoms with van der Waals surface area (Å²) in [5.41, 5.74) is -6.36. The summed E-state index contributed by atoms with van der Waals surface area (Å²) in [6.07, 6.45) is -1.04. The second-order valence-corrected chi connectivity index (χ2v) is 11.2. The van der Waals surface area contributed by atoms with Crippen LogP contribution in [0.2, 0.25) is 0 Å². The van der Waals surface area contributed by atoms with E-state index in [0.29, 0.717) is 16.5 Å². The molecule has 2 aromatic carbocycles. The second kappa shape index (κ2) is 10.4. The number of nitrogens with zero attached hydrogens (tertiary/aromatic N) is 1. The molecule has 0 radical (unpaired) electrons. The highest BCUT2D eigenvalue weighted by Crippen LogP contribution is 2.43. The molecule has 0 N–H and O–H groups in total. The van der Waals surface area contributed by atoms with Crippen molar-refractivity contribution >= 4 is 32.1 Å². The van der Waals surface area contributed by atoms with Crippen LogP contribution in [0.5, 0.6) is 17.2 Å². The smallest absolute Gasteiger partial charge is 0.494 e. The molecule has 2 aliphatic heterocycles. The fraction of sp³-hybridized carbons (Fsp3) is 0.318. The molecule has 2 aromatic rings. The Morgan fingerprint density at radius 1 is 1.10 bits per heavy atom. The van der Waals surface area contributed by atoms with Gasteiger partial charge in [0.25, 0.3) is 15.9 Å². The predicted molar refractivity (Wildman–Crippen MR) is 124 cm³/mol. The van der Waals surface area contributed by atoms with Crippen molar-refractivity contribution in [2.45, 2.75) is 30.3 Å². The number of carbonyl (C=O) groups excluding carboxylic acids is 1. The van der Waals surface area contributed by atoms with Gasteiger partial charge in [-0.05, 0) is 42.3 Å². The molecule has 0 amide bonds. The Kier molecular flexibility index (Phi) is 7.48. The number of fused-ring (bicyclic) bond motifs is 2. The van der Waals surface area contributed by atoms with Gasteiger partial charge in [0.2, 0.25) is 12.6 Å². The Hall–Kier alpha value is -3.86. The zero-order chi connectivity index (χ0) is 28.6. The first-order valence-electron chi connectivity index (χ1n) is 11.0. The number of hydrogen-bond donors (Lipinski definition) is 0. The van der Waals surface area contributed by atoms with Gasteiger partial charge >= 0.3 is 21.8 Å². The zero-order valence-electron chi connectivity index (χ0n) is 20.2. The molecule has 0 aliphatic carbocycles. The molecular formula is C22H20F3NO11S2. The van der Waals surface area contributed by atoms with E-state index < -0.39 is 60.5 Å². The lowest BCUT2D eigenvalue weighted by atomic mass is 10.1. The van der Waals surface area contributed by atoms with Crippen molar-refractivity contribution in [3.05, 3.63) is 53.4 Å². The minimum Gasteiger partial charge on any atom is -0.494 e. The Bertz CT molecular complexity index is 1540. The van der Waals surface area contributed by atoms with E-state index in [1.54, 1.807) is 6.92 Å². The number of hydrogen-bond acceptors (Lipinski definition) is 11. The summed E-state index contributed by atoms with van der Waals surface area (Å²) in [7, 11) is -10.2. The van der Waals surface area contributed by atoms with Crippen LogP contribution in [0.25, 0.3) is 5.76 Å². The van der Waals surface area contributed by atoms with Gasteiger partial charge in [0.1, 0.15) is 5.75 Å². The first-order chi connectivity index (χ1) is 18.3. The number of benzene rings is 2. The molecule has 12 nitrogen and oxygen atoms in total. The molecule has 4 rings (SSSR count). The molecule has 0 unspecified atom stereocenters. The van der Waals surface area contributed by atoms with Gasteiger partial charge in [0.05, 0.1) is 25.2 Å². The van der Waals surface area contributed by atoms with Crippen molar-refractivity contribution in [2.24, 2.45) is 0 Å². The third-order valence-corrected chi connectivity index (χ3v) is 7.98. The molecule has 0 saturated carbocycles. The summed E-state index contributed by atoms with van der Waals surface area (Å²) >= 11 is 0. The molecule has 39 heavy (non-hydrogen) atoms. The van der Waals surface area contributed by atoms with Crippen molar-refractivity contribution in [2.75, 3.05) is 20.5 Å². The number of carbonyl (C=O) groups is 1. The van der Waals surface area contributed by atoms with E-state index in [9.17, 15) is 34.8 Å². The highest BCUT2D eigenvalue weighted by Gasteiger charge is 2.51. The summed E-state index contributed by atoms with van der Waals surface area (Å²) in [6, 6.07) is 7.45. The van der Waals surface area contributed by atoms with Crippen molar-refractivity contribution in [1.29, 1.82) is 0 Å². The van der Waals surface area contributed by atoms with Gasteiger partial charge in [0, 0.05) is 5.56 Å². The summed E-state index contributed by atoms with van der Waals surface area (Å²) in [4.78, 5) is 11.4. The van der Waals surface area contributed by atoms with Gasteiger partial charge < -0.3 is 27.9 Å². The molecule has 0 aromatic heterocycles. The Morgan fingerprint density at radius 2 is 1.82 bits per heavy atom. The monoisotopic (exact) mass is 595 g/mol. The summed E-state index contributed by atoms with van der Waals surface area (Å²) in [5, 5.41) is 0. The van der Waals surface area contributed by atoms with E-state index >= 15 is 0 Å². The Balaban J connectivity index is 1.95. The molecule has 17 heteroatoms. The number of ether oxygens (including phenoxy) is 5. The first-order valence-corrected chi connectivity index (χ1v) is 13.8. The normalized spacial score (nSPS) is 16.0. The van der Waals surface area contributed by atoms with Crippen LogP contribution in [0.4, 0.5) is 18.0 Å². The van der Waals surface area contributed by atoms with Crippen LogP contribution in [0.1, 0.15) is 24.5 Å². The maximum absolute atomic E-state index is 13.7. The van der Waals surface area contributed by atoms with Crippen molar-refractivity contribution < 1.29 is 62.7 Å². The first kappa shape index (κ1) is 28.2. The molecule has 0 fully saturated rings. The van der Waals surface area contributed by atoms with Gasteiger partial charge in [0.15, 0.2) is 11.5 Å². The van der Waals surface area contributed by atoms with Gasteiger partial charge in [-0.15, -0.1) is 0 Å². The molecule has 0 spiro atoms. The lowest BCUT2D eigenvalue weighted by Gasteiger charge is -2.32. The summed E-state index contributed by atoms with van der Waals surface area (Å²) in [5.74, 6) is -1.83. The third-order valence-electron chi connectivity index (χ3n) is 5.24. The second-order valence-electron chi connectivity index (χ2n) is 7.88. The van der Waals surface area contributed by atoms with Crippen LogP contribution >= 0.6 is 0 Å². The Morgan fingerprint density at radius 3 is 2.49 bits per heavy atom. The van der Waals surface area contributed by atoms with Gasteiger partial charge in [-0.3, -0.25) is 0 Å². The highest BCUT2D eigenvalue weighted by atomic mass is 32.2. The van der Waals surface area contributed by atoms with Crippen LogP contribution < -0.4 is 14.2 Å². The van der Waals surface area contributed by atoms with Gasteiger partial charge in [-0.1, -0.05) is 13.0 Å². The molecule has 0 atom stereocenters. The molecule has 2 aliphatic rings. The molecular weight excluding hydrogens is 575 g/mol. The number of sulfonamides is 1. The van der Waals surface area contributed by atoms with Crippen molar-refractivity contribution in [3.63, 3.8) is 0 Å². The lowest BCUT2D eigenvalue weighted by molar-refractivity contribution is -0.0511. The van der Waals surface area contributed by atoms with Crippen molar-refractivity contribution in [1.82, 2.24) is 4.31 Å². The topological polar surface area (TPSA) is 144 Å².